The zero-order valence-corrected chi connectivity index (χ0v) is 15.4. The van der Waals surface area contributed by atoms with Gasteiger partial charge in [-0.1, -0.05) is 38.1 Å². The predicted molar refractivity (Wildman–Crippen MR) is 103 cm³/mol. The third-order valence-corrected chi connectivity index (χ3v) is 4.41. The van der Waals surface area contributed by atoms with E-state index in [1.807, 2.05) is 18.2 Å². The van der Waals surface area contributed by atoms with Crippen molar-refractivity contribution in [3.05, 3.63) is 76.9 Å². The van der Waals surface area contributed by atoms with Crippen molar-refractivity contribution < 1.29 is 9.53 Å². The van der Waals surface area contributed by atoms with Crippen molar-refractivity contribution in [2.45, 2.75) is 39.7 Å². The largest absolute Gasteiger partial charge is 0.496 e. The molecule has 0 aliphatic carbocycles. The molecule has 1 amide bonds. The van der Waals surface area contributed by atoms with Crippen molar-refractivity contribution in [2.24, 2.45) is 0 Å². The highest BCUT2D eigenvalue weighted by molar-refractivity contribution is 5.94. The van der Waals surface area contributed by atoms with Crippen LogP contribution in [0, 0.1) is 0 Å². The van der Waals surface area contributed by atoms with Gasteiger partial charge in [-0.15, -0.1) is 6.58 Å². The maximum absolute atomic E-state index is 12.6. The van der Waals surface area contributed by atoms with Crippen LogP contribution >= 0.6 is 0 Å². The van der Waals surface area contributed by atoms with Crippen molar-refractivity contribution in [2.75, 3.05) is 7.11 Å². The number of hydrogen-bond acceptors (Lipinski definition) is 2. The van der Waals surface area contributed by atoms with Crippen molar-refractivity contribution in [3.63, 3.8) is 0 Å². The minimum absolute atomic E-state index is 0.0723. The first-order chi connectivity index (χ1) is 12.1. The van der Waals surface area contributed by atoms with Crippen LogP contribution in [-0.4, -0.2) is 13.0 Å². The molecular formula is C22H27NO2. The summed E-state index contributed by atoms with van der Waals surface area (Å²) >= 11 is 0. The monoisotopic (exact) mass is 337 g/mol. The quantitative estimate of drug-likeness (QED) is 0.721. The van der Waals surface area contributed by atoms with Crippen LogP contribution < -0.4 is 10.1 Å². The van der Waals surface area contributed by atoms with E-state index in [4.69, 9.17) is 4.74 Å². The lowest BCUT2D eigenvalue weighted by Crippen LogP contribution is -2.23. The SMILES string of the molecule is C=CCc1cc(C(=O)NCc2cc(CC)ccc2CC)ccc1OC. The summed E-state index contributed by atoms with van der Waals surface area (Å²) in [6, 6.07) is 12.0. The van der Waals surface area contributed by atoms with Gasteiger partial charge in [-0.05, 0) is 59.7 Å². The van der Waals surface area contributed by atoms with Gasteiger partial charge in [0.05, 0.1) is 7.11 Å². The van der Waals surface area contributed by atoms with Crippen molar-refractivity contribution in [1.29, 1.82) is 0 Å². The Morgan fingerprint density at radius 2 is 1.88 bits per heavy atom. The molecule has 0 radical (unpaired) electrons. The van der Waals surface area contributed by atoms with E-state index < -0.39 is 0 Å². The van der Waals surface area contributed by atoms with Crippen molar-refractivity contribution >= 4 is 5.91 Å². The van der Waals surface area contributed by atoms with Gasteiger partial charge in [0.2, 0.25) is 0 Å². The van der Waals surface area contributed by atoms with Gasteiger partial charge in [-0.3, -0.25) is 4.79 Å². The smallest absolute Gasteiger partial charge is 0.251 e. The average molecular weight is 337 g/mol. The molecular weight excluding hydrogens is 310 g/mol. The fourth-order valence-electron chi connectivity index (χ4n) is 2.92. The van der Waals surface area contributed by atoms with E-state index in [9.17, 15) is 4.79 Å². The molecule has 0 aromatic heterocycles. The van der Waals surface area contributed by atoms with E-state index >= 15 is 0 Å². The lowest BCUT2D eigenvalue weighted by molar-refractivity contribution is 0.0950. The third-order valence-electron chi connectivity index (χ3n) is 4.41. The summed E-state index contributed by atoms with van der Waals surface area (Å²) in [5, 5.41) is 3.04. The maximum atomic E-state index is 12.6. The van der Waals surface area contributed by atoms with E-state index in [1.165, 1.54) is 16.7 Å². The lowest BCUT2D eigenvalue weighted by Gasteiger charge is -2.13. The zero-order valence-electron chi connectivity index (χ0n) is 15.4. The number of allylic oxidation sites excluding steroid dienone is 1. The predicted octanol–water partition coefficient (Wildman–Crippen LogP) is 4.48. The van der Waals surface area contributed by atoms with Crippen LogP contribution in [0.4, 0.5) is 0 Å². The zero-order chi connectivity index (χ0) is 18.2. The lowest BCUT2D eigenvalue weighted by atomic mass is 10.0. The summed E-state index contributed by atoms with van der Waals surface area (Å²) in [5.74, 6) is 0.706. The van der Waals surface area contributed by atoms with Crippen LogP contribution in [0.3, 0.4) is 0 Å². The molecule has 25 heavy (non-hydrogen) atoms. The number of amides is 1. The Hall–Kier alpha value is -2.55. The van der Waals surface area contributed by atoms with Gasteiger partial charge < -0.3 is 10.1 Å². The fourth-order valence-corrected chi connectivity index (χ4v) is 2.92. The van der Waals surface area contributed by atoms with Gasteiger partial charge in [0.15, 0.2) is 0 Å². The van der Waals surface area contributed by atoms with E-state index in [0.29, 0.717) is 18.5 Å². The second-order valence-corrected chi connectivity index (χ2v) is 6.01. The van der Waals surface area contributed by atoms with Gasteiger partial charge in [0, 0.05) is 12.1 Å². The van der Waals surface area contributed by atoms with Crippen LogP contribution in [0.25, 0.3) is 0 Å². The molecule has 132 valence electrons. The molecule has 3 heteroatoms. The number of methoxy groups -OCH3 is 1. The Morgan fingerprint density at radius 1 is 1.08 bits per heavy atom. The van der Waals surface area contributed by atoms with E-state index in [2.05, 4.69) is 43.9 Å². The van der Waals surface area contributed by atoms with Crippen LogP contribution in [0.15, 0.2) is 49.1 Å². The third kappa shape index (κ3) is 4.72. The number of hydrogen-bond donors (Lipinski definition) is 1. The average Bonchev–Trinajstić information content (AvgIpc) is 2.65. The fraction of sp³-hybridized carbons (Fsp3) is 0.318. The highest BCUT2D eigenvalue weighted by Gasteiger charge is 2.10. The molecule has 0 fully saturated rings. The molecule has 0 saturated carbocycles. The second-order valence-electron chi connectivity index (χ2n) is 6.01. The summed E-state index contributed by atoms with van der Waals surface area (Å²) in [7, 11) is 1.63. The summed E-state index contributed by atoms with van der Waals surface area (Å²) in [6.07, 6.45) is 4.43. The highest BCUT2D eigenvalue weighted by atomic mass is 16.5. The molecule has 3 nitrogen and oxygen atoms in total. The van der Waals surface area contributed by atoms with Gasteiger partial charge in [0.1, 0.15) is 5.75 Å². The first kappa shape index (κ1) is 18.8. The van der Waals surface area contributed by atoms with Gasteiger partial charge in [-0.2, -0.15) is 0 Å². The number of aryl methyl sites for hydroxylation is 2. The summed E-state index contributed by atoms with van der Waals surface area (Å²) in [6.45, 7) is 8.58. The van der Waals surface area contributed by atoms with E-state index in [-0.39, 0.29) is 5.91 Å². The second kappa shape index (κ2) is 9.07. The normalized spacial score (nSPS) is 10.4. The number of benzene rings is 2. The Kier molecular flexibility index (Phi) is 6.81. The maximum Gasteiger partial charge on any atom is 0.251 e. The van der Waals surface area contributed by atoms with Gasteiger partial charge in [0.25, 0.3) is 5.91 Å². The minimum atomic E-state index is -0.0723. The number of ether oxygens (including phenoxy) is 1. The summed E-state index contributed by atoms with van der Waals surface area (Å²) in [4.78, 5) is 12.6. The molecule has 0 bridgehead atoms. The Balaban J connectivity index is 2.15. The summed E-state index contributed by atoms with van der Waals surface area (Å²) in [5.41, 5.74) is 5.36. The molecule has 2 aromatic rings. The molecule has 0 heterocycles. The van der Waals surface area contributed by atoms with Crippen LogP contribution in [0.5, 0.6) is 5.75 Å². The number of rotatable bonds is 8. The van der Waals surface area contributed by atoms with Gasteiger partial charge >= 0.3 is 0 Å². The minimum Gasteiger partial charge on any atom is -0.496 e. The number of nitrogens with one attached hydrogen (secondary N) is 1. The standard InChI is InChI=1S/C22H27NO2/c1-5-8-18-14-19(11-12-21(18)25-4)22(24)23-15-20-13-16(6-2)9-10-17(20)7-3/h5,9-14H,1,6-8,15H2,2-4H3,(H,23,24). The van der Waals surface area contributed by atoms with Crippen LogP contribution in [0.2, 0.25) is 0 Å². The van der Waals surface area contributed by atoms with Crippen LogP contribution in [-0.2, 0) is 25.8 Å². The van der Waals surface area contributed by atoms with E-state index in [0.717, 1.165) is 24.2 Å². The van der Waals surface area contributed by atoms with Crippen molar-refractivity contribution in [3.8, 4) is 5.75 Å². The van der Waals surface area contributed by atoms with E-state index in [1.54, 1.807) is 13.2 Å². The Bertz CT molecular complexity index is 750. The highest BCUT2D eigenvalue weighted by Crippen LogP contribution is 2.21. The summed E-state index contributed by atoms with van der Waals surface area (Å²) < 4.78 is 5.34. The molecule has 0 atom stereocenters. The van der Waals surface area contributed by atoms with Crippen molar-refractivity contribution in [1.82, 2.24) is 5.32 Å². The molecule has 0 aliphatic rings. The molecule has 1 N–H and O–H groups in total. The topological polar surface area (TPSA) is 38.3 Å². The molecule has 0 spiro atoms. The molecule has 0 aliphatic heterocycles. The first-order valence-corrected chi connectivity index (χ1v) is 8.79. The molecule has 0 unspecified atom stereocenters. The molecule has 2 rings (SSSR count). The van der Waals surface area contributed by atoms with Crippen LogP contribution in [0.1, 0.15) is 46.5 Å². The van der Waals surface area contributed by atoms with Gasteiger partial charge in [-0.25, -0.2) is 0 Å². The molecule has 2 aromatic carbocycles. The molecule has 0 saturated heterocycles. The first-order valence-electron chi connectivity index (χ1n) is 8.79. The number of carbonyl (C=O) groups excluding carboxylic acids is 1. The Morgan fingerprint density at radius 3 is 2.52 bits per heavy atom. The Labute approximate surface area is 150 Å². The number of carbonyl (C=O) groups is 1.